The van der Waals surface area contributed by atoms with Crippen LogP contribution in [0.2, 0.25) is 10.0 Å². The van der Waals surface area contributed by atoms with Gasteiger partial charge in [-0.3, -0.25) is 9.59 Å². The summed E-state index contributed by atoms with van der Waals surface area (Å²) in [4.78, 5) is 26.4. The summed E-state index contributed by atoms with van der Waals surface area (Å²) in [6, 6.07) is 5.44. The van der Waals surface area contributed by atoms with Crippen LogP contribution in [-0.2, 0) is 9.59 Å². The van der Waals surface area contributed by atoms with Crippen LogP contribution in [0.4, 0.5) is 5.69 Å². The molecule has 1 heterocycles. The minimum absolute atomic E-state index is 0.0245. The lowest BCUT2D eigenvalue weighted by Gasteiger charge is -2.27. The molecule has 4 nitrogen and oxygen atoms in total. The van der Waals surface area contributed by atoms with E-state index in [1.165, 1.54) is 0 Å². The first-order valence-corrected chi connectivity index (χ1v) is 9.26. The predicted molar refractivity (Wildman–Crippen MR) is 96.5 cm³/mol. The van der Waals surface area contributed by atoms with Crippen molar-refractivity contribution >= 4 is 40.7 Å². The third kappa shape index (κ3) is 3.70. The number of rotatable bonds is 3. The van der Waals surface area contributed by atoms with Crippen molar-refractivity contribution in [1.29, 1.82) is 0 Å². The smallest absolute Gasteiger partial charge is 0.227 e. The molecule has 2 aliphatic rings. The van der Waals surface area contributed by atoms with Gasteiger partial charge in [0.25, 0.3) is 0 Å². The molecule has 1 aromatic rings. The maximum atomic E-state index is 12.5. The fraction of sp³-hybridized carbons (Fsp3) is 0.556. The first-order chi connectivity index (χ1) is 11.5. The van der Waals surface area contributed by atoms with Crippen LogP contribution >= 0.6 is 23.2 Å². The van der Waals surface area contributed by atoms with Gasteiger partial charge >= 0.3 is 0 Å². The summed E-state index contributed by atoms with van der Waals surface area (Å²) in [5.41, 5.74) is 0.580. The number of carbonyl (C=O) groups is 2. The van der Waals surface area contributed by atoms with Gasteiger partial charge in [-0.05, 0) is 43.7 Å². The van der Waals surface area contributed by atoms with E-state index in [9.17, 15) is 9.59 Å². The molecule has 1 saturated carbocycles. The van der Waals surface area contributed by atoms with E-state index in [0.29, 0.717) is 22.3 Å². The molecule has 24 heavy (non-hydrogen) atoms. The van der Waals surface area contributed by atoms with Gasteiger partial charge in [0.1, 0.15) is 0 Å². The Bertz CT molecular complexity index is 642. The first-order valence-electron chi connectivity index (χ1n) is 8.50. The number of hydrogen-bond acceptors (Lipinski definition) is 2. The summed E-state index contributed by atoms with van der Waals surface area (Å²) in [6.45, 7) is 2.61. The van der Waals surface area contributed by atoms with Crippen LogP contribution < -0.4 is 10.2 Å². The molecule has 6 heteroatoms. The highest BCUT2D eigenvalue weighted by atomic mass is 35.5. The lowest BCUT2D eigenvalue weighted by Crippen LogP contribution is -2.41. The summed E-state index contributed by atoms with van der Waals surface area (Å²) >= 11 is 12.2. The predicted octanol–water partition coefficient (Wildman–Crippen LogP) is 4.04. The zero-order valence-corrected chi connectivity index (χ0v) is 15.2. The van der Waals surface area contributed by atoms with E-state index >= 15 is 0 Å². The van der Waals surface area contributed by atoms with Crippen LogP contribution in [0.15, 0.2) is 18.2 Å². The van der Waals surface area contributed by atoms with Crippen molar-refractivity contribution in [3.8, 4) is 0 Å². The standard InChI is InChI=1S/C18H22Cl2N2O2/c1-11-5-7-13(8-6-11)21-18(24)12-9-16(23)22(10-12)15-4-2-3-14(19)17(15)20/h2-4,11-13H,5-10H2,1H3,(H,21,24)/t11?,12-,13?/m1/s1. The van der Waals surface area contributed by atoms with Gasteiger partial charge < -0.3 is 10.2 Å². The third-order valence-corrected chi connectivity index (χ3v) is 5.89. The number of amides is 2. The SMILES string of the molecule is CC1CCC(NC(=O)[C@@H]2CC(=O)N(c3cccc(Cl)c3Cl)C2)CC1. The molecule has 0 radical (unpaired) electrons. The summed E-state index contributed by atoms with van der Waals surface area (Å²) in [5.74, 6) is 0.304. The van der Waals surface area contributed by atoms with E-state index in [1.807, 2.05) is 0 Å². The molecule has 0 unspecified atom stereocenters. The number of anilines is 1. The van der Waals surface area contributed by atoms with Gasteiger partial charge in [0.2, 0.25) is 11.8 Å². The lowest BCUT2D eigenvalue weighted by molar-refractivity contribution is -0.127. The molecular weight excluding hydrogens is 347 g/mol. The van der Waals surface area contributed by atoms with Gasteiger partial charge in [0.15, 0.2) is 0 Å². The fourth-order valence-corrected chi connectivity index (χ4v) is 3.94. The van der Waals surface area contributed by atoms with Crippen LogP contribution in [0.5, 0.6) is 0 Å². The first kappa shape index (κ1) is 17.6. The Morgan fingerprint density at radius 2 is 1.92 bits per heavy atom. The number of hydrogen-bond donors (Lipinski definition) is 1. The molecule has 2 amide bonds. The molecular formula is C18H22Cl2N2O2. The van der Waals surface area contributed by atoms with Gasteiger partial charge in [0.05, 0.1) is 21.7 Å². The summed E-state index contributed by atoms with van der Waals surface area (Å²) in [5, 5.41) is 3.89. The number of halogens is 2. The Morgan fingerprint density at radius 3 is 2.62 bits per heavy atom. The zero-order chi connectivity index (χ0) is 17.3. The van der Waals surface area contributed by atoms with Crippen molar-refractivity contribution in [2.75, 3.05) is 11.4 Å². The molecule has 130 valence electrons. The van der Waals surface area contributed by atoms with E-state index in [1.54, 1.807) is 23.1 Å². The topological polar surface area (TPSA) is 49.4 Å². The number of carbonyl (C=O) groups excluding carboxylic acids is 2. The average Bonchev–Trinajstić information content (AvgIpc) is 2.94. The van der Waals surface area contributed by atoms with Gasteiger partial charge in [-0.25, -0.2) is 0 Å². The largest absolute Gasteiger partial charge is 0.353 e. The number of benzene rings is 1. The van der Waals surface area contributed by atoms with Crippen molar-refractivity contribution in [3.63, 3.8) is 0 Å². The van der Waals surface area contributed by atoms with Gasteiger partial charge in [-0.1, -0.05) is 36.2 Å². The Morgan fingerprint density at radius 1 is 1.21 bits per heavy atom. The Hall–Kier alpha value is -1.26. The van der Waals surface area contributed by atoms with Crippen LogP contribution in [0, 0.1) is 11.8 Å². The Kier molecular flexibility index (Phi) is 5.36. The monoisotopic (exact) mass is 368 g/mol. The molecule has 1 aromatic carbocycles. The van der Waals surface area contributed by atoms with Gasteiger partial charge in [-0.15, -0.1) is 0 Å². The molecule has 1 saturated heterocycles. The molecule has 1 aliphatic heterocycles. The molecule has 1 atom stereocenters. The summed E-state index contributed by atoms with van der Waals surface area (Å²) < 4.78 is 0. The molecule has 1 aliphatic carbocycles. The van der Waals surface area contributed by atoms with Gasteiger partial charge in [-0.2, -0.15) is 0 Å². The lowest BCUT2D eigenvalue weighted by atomic mass is 9.87. The third-order valence-electron chi connectivity index (χ3n) is 5.08. The quantitative estimate of drug-likeness (QED) is 0.874. The van der Waals surface area contributed by atoms with Crippen LogP contribution in [0.25, 0.3) is 0 Å². The maximum absolute atomic E-state index is 12.5. The second kappa shape index (κ2) is 7.32. The second-order valence-electron chi connectivity index (χ2n) is 6.94. The maximum Gasteiger partial charge on any atom is 0.227 e. The molecule has 3 rings (SSSR count). The van der Waals surface area contributed by atoms with Crippen molar-refractivity contribution in [2.24, 2.45) is 11.8 Å². The highest BCUT2D eigenvalue weighted by Gasteiger charge is 2.37. The normalized spacial score (nSPS) is 27.4. The van der Waals surface area contributed by atoms with E-state index in [4.69, 9.17) is 23.2 Å². The van der Waals surface area contributed by atoms with Crippen molar-refractivity contribution in [1.82, 2.24) is 5.32 Å². The Labute approximate surface area is 152 Å². The highest BCUT2D eigenvalue weighted by molar-refractivity contribution is 6.44. The van der Waals surface area contributed by atoms with Crippen molar-refractivity contribution < 1.29 is 9.59 Å². The molecule has 0 spiro atoms. The van der Waals surface area contributed by atoms with Crippen molar-refractivity contribution in [3.05, 3.63) is 28.2 Å². The van der Waals surface area contributed by atoms with E-state index < -0.39 is 0 Å². The van der Waals surface area contributed by atoms with Crippen LogP contribution in [0.1, 0.15) is 39.0 Å². The fourth-order valence-electron chi connectivity index (χ4n) is 3.54. The summed E-state index contributed by atoms with van der Waals surface area (Å²) in [7, 11) is 0. The van der Waals surface area contributed by atoms with Crippen LogP contribution in [0.3, 0.4) is 0 Å². The second-order valence-corrected chi connectivity index (χ2v) is 7.73. The minimum atomic E-state index is -0.327. The summed E-state index contributed by atoms with van der Waals surface area (Å²) in [6.07, 6.45) is 4.57. The van der Waals surface area contributed by atoms with Gasteiger partial charge in [0, 0.05) is 19.0 Å². The van der Waals surface area contributed by atoms with Crippen LogP contribution in [-0.4, -0.2) is 24.4 Å². The zero-order valence-electron chi connectivity index (χ0n) is 13.7. The molecule has 2 fully saturated rings. The van der Waals surface area contributed by atoms with Crippen molar-refractivity contribution in [2.45, 2.75) is 45.1 Å². The average molecular weight is 369 g/mol. The highest BCUT2D eigenvalue weighted by Crippen LogP contribution is 2.35. The van der Waals surface area contributed by atoms with E-state index in [-0.39, 0.29) is 30.2 Å². The Balaban J connectivity index is 1.64. The molecule has 0 bridgehead atoms. The van der Waals surface area contributed by atoms with E-state index in [0.717, 1.165) is 31.6 Å². The number of nitrogens with zero attached hydrogens (tertiary/aromatic N) is 1. The minimum Gasteiger partial charge on any atom is -0.353 e. The molecule has 1 N–H and O–H groups in total. The number of nitrogens with one attached hydrogen (secondary N) is 1. The molecule has 0 aromatic heterocycles. The van der Waals surface area contributed by atoms with E-state index in [2.05, 4.69) is 12.2 Å².